The molecule has 0 amide bonds. The van der Waals surface area contributed by atoms with E-state index in [0.29, 0.717) is 6.10 Å². The van der Waals surface area contributed by atoms with Gasteiger partial charge in [0.2, 0.25) is 0 Å². The highest BCUT2D eigenvalue weighted by Crippen LogP contribution is 2.40. The van der Waals surface area contributed by atoms with Gasteiger partial charge in [-0.1, -0.05) is 12.1 Å². The zero-order chi connectivity index (χ0) is 10.8. The van der Waals surface area contributed by atoms with Crippen LogP contribution in [0.2, 0.25) is 0 Å². The molecule has 2 heteroatoms. The van der Waals surface area contributed by atoms with E-state index in [4.69, 9.17) is 4.74 Å². The molecular formula is C14H19NO. The first-order valence-corrected chi connectivity index (χ1v) is 6.39. The first kappa shape index (κ1) is 10.2. The second-order valence-electron chi connectivity index (χ2n) is 4.91. The van der Waals surface area contributed by atoms with Crippen molar-refractivity contribution in [2.75, 3.05) is 13.1 Å². The monoisotopic (exact) mass is 217 g/mol. The minimum Gasteiger partial charge on any atom is -0.490 e. The normalized spacial score (nSPS) is 22.0. The van der Waals surface area contributed by atoms with E-state index in [2.05, 4.69) is 29.6 Å². The summed E-state index contributed by atoms with van der Waals surface area (Å²) >= 11 is 0. The molecule has 2 fully saturated rings. The van der Waals surface area contributed by atoms with Gasteiger partial charge in [-0.25, -0.2) is 0 Å². The molecule has 1 aliphatic carbocycles. The molecule has 1 N–H and O–H groups in total. The van der Waals surface area contributed by atoms with Crippen molar-refractivity contribution in [3.8, 4) is 5.75 Å². The van der Waals surface area contributed by atoms with Crippen molar-refractivity contribution in [2.24, 2.45) is 0 Å². The summed E-state index contributed by atoms with van der Waals surface area (Å²) in [5, 5.41) is 3.35. The quantitative estimate of drug-likeness (QED) is 0.840. The number of nitrogens with one attached hydrogen (secondary N) is 1. The van der Waals surface area contributed by atoms with Crippen molar-refractivity contribution < 1.29 is 4.74 Å². The highest BCUT2D eigenvalue weighted by atomic mass is 16.5. The van der Waals surface area contributed by atoms with Gasteiger partial charge in [-0.05, 0) is 62.4 Å². The zero-order valence-electron chi connectivity index (χ0n) is 9.61. The van der Waals surface area contributed by atoms with Gasteiger partial charge in [-0.2, -0.15) is 0 Å². The van der Waals surface area contributed by atoms with Crippen LogP contribution in [0, 0.1) is 0 Å². The molecule has 0 aromatic heterocycles. The van der Waals surface area contributed by atoms with Crippen molar-refractivity contribution in [1.29, 1.82) is 0 Å². The van der Waals surface area contributed by atoms with Gasteiger partial charge in [-0.15, -0.1) is 0 Å². The highest BCUT2D eigenvalue weighted by Gasteiger charge is 2.23. The number of hydrogen-bond donors (Lipinski definition) is 1. The van der Waals surface area contributed by atoms with Gasteiger partial charge in [0, 0.05) is 0 Å². The summed E-state index contributed by atoms with van der Waals surface area (Å²) in [5.41, 5.74) is 1.48. The summed E-state index contributed by atoms with van der Waals surface area (Å²) in [7, 11) is 0. The molecule has 16 heavy (non-hydrogen) atoms. The van der Waals surface area contributed by atoms with Gasteiger partial charge >= 0.3 is 0 Å². The molecule has 1 aromatic carbocycles. The Labute approximate surface area is 97.0 Å². The maximum absolute atomic E-state index is 5.97. The third-order valence-corrected chi connectivity index (χ3v) is 3.52. The average Bonchev–Trinajstić information content (AvgIpc) is 3.15. The minimum absolute atomic E-state index is 0.410. The molecular weight excluding hydrogens is 198 g/mol. The summed E-state index contributed by atoms with van der Waals surface area (Å²) in [6.45, 7) is 2.18. The van der Waals surface area contributed by atoms with Crippen LogP contribution in [-0.4, -0.2) is 19.2 Å². The van der Waals surface area contributed by atoms with Crippen LogP contribution in [0.15, 0.2) is 24.3 Å². The predicted molar refractivity (Wildman–Crippen MR) is 64.9 cm³/mol. The minimum atomic E-state index is 0.410. The SMILES string of the molecule is c1cc(C2CC2)ccc1OC1CCNCC1. The average molecular weight is 217 g/mol. The summed E-state index contributed by atoms with van der Waals surface area (Å²) in [6, 6.07) is 8.73. The first-order chi connectivity index (χ1) is 7.92. The van der Waals surface area contributed by atoms with Gasteiger partial charge in [0.25, 0.3) is 0 Å². The molecule has 1 heterocycles. The van der Waals surface area contributed by atoms with E-state index in [-0.39, 0.29) is 0 Å². The maximum Gasteiger partial charge on any atom is 0.119 e. The van der Waals surface area contributed by atoms with E-state index >= 15 is 0 Å². The van der Waals surface area contributed by atoms with Crippen LogP contribution in [0.25, 0.3) is 0 Å². The second kappa shape index (κ2) is 4.46. The molecule has 0 unspecified atom stereocenters. The third-order valence-electron chi connectivity index (χ3n) is 3.52. The van der Waals surface area contributed by atoms with Crippen LogP contribution in [0.4, 0.5) is 0 Å². The van der Waals surface area contributed by atoms with Crippen molar-refractivity contribution >= 4 is 0 Å². The van der Waals surface area contributed by atoms with E-state index in [0.717, 1.165) is 37.6 Å². The Hall–Kier alpha value is -1.02. The lowest BCUT2D eigenvalue weighted by Gasteiger charge is -2.23. The molecule has 1 aromatic rings. The van der Waals surface area contributed by atoms with E-state index in [1.165, 1.54) is 18.4 Å². The molecule has 0 bridgehead atoms. The smallest absolute Gasteiger partial charge is 0.119 e. The topological polar surface area (TPSA) is 21.3 Å². The summed E-state index contributed by atoms with van der Waals surface area (Å²) in [4.78, 5) is 0. The van der Waals surface area contributed by atoms with Crippen molar-refractivity contribution in [3.63, 3.8) is 0 Å². The Morgan fingerprint density at radius 2 is 1.62 bits per heavy atom. The number of hydrogen-bond acceptors (Lipinski definition) is 2. The molecule has 1 aliphatic heterocycles. The van der Waals surface area contributed by atoms with Gasteiger partial charge in [-0.3, -0.25) is 0 Å². The fourth-order valence-electron chi connectivity index (χ4n) is 2.34. The van der Waals surface area contributed by atoms with Gasteiger partial charge in [0.1, 0.15) is 11.9 Å². The predicted octanol–water partition coefficient (Wildman–Crippen LogP) is 2.69. The van der Waals surface area contributed by atoms with Crippen molar-refractivity contribution in [1.82, 2.24) is 5.32 Å². The van der Waals surface area contributed by atoms with Crippen LogP contribution < -0.4 is 10.1 Å². The maximum atomic E-state index is 5.97. The summed E-state index contributed by atoms with van der Waals surface area (Å²) in [6.07, 6.45) is 5.41. The fraction of sp³-hybridized carbons (Fsp3) is 0.571. The lowest BCUT2D eigenvalue weighted by atomic mass is 10.1. The van der Waals surface area contributed by atoms with Crippen LogP contribution in [0.5, 0.6) is 5.75 Å². The number of ether oxygens (including phenoxy) is 1. The molecule has 2 nitrogen and oxygen atoms in total. The Balaban J connectivity index is 1.60. The zero-order valence-corrected chi connectivity index (χ0v) is 9.61. The first-order valence-electron chi connectivity index (χ1n) is 6.39. The third kappa shape index (κ3) is 2.38. The molecule has 3 rings (SSSR count). The number of benzene rings is 1. The molecule has 2 aliphatic rings. The summed E-state index contributed by atoms with van der Waals surface area (Å²) < 4.78 is 5.97. The Bertz CT molecular complexity index is 336. The van der Waals surface area contributed by atoms with E-state index in [1.54, 1.807) is 0 Å². The fourth-order valence-corrected chi connectivity index (χ4v) is 2.34. The Morgan fingerprint density at radius 3 is 2.25 bits per heavy atom. The number of rotatable bonds is 3. The van der Waals surface area contributed by atoms with E-state index in [9.17, 15) is 0 Å². The lowest BCUT2D eigenvalue weighted by molar-refractivity contribution is 0.162. The molecule has 1 saturated heterocycles. The van der Waals surface area contributed by atoms with E-state index < -0.39 is 0 Å². The van der Waals surface area contributed by atoms with Crippen molar-refractivity contribution in [2.45, 2.75) is 37.7 Å². The van der Waals surface area contributed by atoms with Crippen molar-refractivity contribution in [3.05, 3.63) is 29.8 Å². The van der Waals surface area contributed by atoms with Crippen LogP contribution in [0.3, 0.4) is 0 Å². The van der Waals surface area contributed by atoms with Gasteiger partial charge in [0.15, 0.2) is 0 Å². The van der Waals surface area contributed by atoms with Crippen LogP contribution in [0.1, 0.15) is 37.2 Å². The largest absolute Gasteiger partial charge is 0.490 e. The molecule has 1 saturated carbocycles. The Kier molecular flexibility index (Phi) is 2.83. The van der Waals surface area contributed by atoms with Gasteiger partial charge < -0.3 is 10.1 Å². The Morgan fingerprint density at radius 1 is 0.938 bits per heavy atom. The molecule has 0 spiro atoms. The standard InChI is InChI=1S/C14H19NO/c1-2-11(1)12-3-5-13(6-4-12)16-14-7-9-15-10-8-14/h3-6,11,14-15H,1-2,7-10H2. The molecule has 0 radical (unpaired) electrons. The summed E-state index contributed by atoms with van der Waals surface area (Å²) in [5.74, 6) is 1.88. The highest BCUT2D eigenvalue weighted by molar-refractivity contribution is 5.31. The van der Waals surface area contributed by atoms with E-state index in [1.807, 2.05) is 0 Å². The lowest BCUT2D eigenvalue weighted by Crippen LogP contribution is -2.34. The van der Waals surface area contributed by atoms with Crippen LogP contribution in [-0.2, 0) is 0 Å². The number of piperidine rings is 1. The molecule has 0 atom stereocenters. The van der Waals surface area contributed by atoms with Crippen LogP contribution >= 0.6 is 0 Å². The second-order valence-corrected chi connectivity index (χ2v) is 4.91. The molecule has 86 valence electrons. The van der Waals surface area contributed by atoms with Gasteiger partial charge in [0.05, 0.1) is 0 Å².